The molecule has 0 aliphatic carbocycles. The largest absolute Gasteiger partial charge is 0.492 e. The second-order valence-electron chi connectivity index (χ2n) is 5.28. The zero-order valence-corrected chi connectivity index (χ0v) is 12.0. The van der Waals surface area contributed by atoms with E-state index < -0.39 is 11.6 Å². The topological polar surface area (TPSA) is 74.4 Å². The van der Waals surface area contributed by atoms with Crippen LogP contribution in [0.1, 0.15) is 45.7 Å². The number of hydrogen-bond acceptors (Lipinski definition) is 5. The molecule has 1 rings (SSSR count). The molecule has 1 heterocycles. The molecule has 0 saturated carbocycles. The molecule has 0 aliphatic heterocycles. The number of ether oxygens (including phenoxy) is 2. The molecule has 0 fully saturated rings. The van der Waals surface area contributed by atoms with Crippen molar-refractivity contribution in [3.63, 3.8) is 0 Å². The normalized spacial score (nSPS) is 12.9. The molecule has 1 aromatic heterocycles. The van der Waals surface area contributed by atoms with Gasteiger partial charge in [0.15, 0.2) is 0 Å². The van der Waals surface area contributed by atoms with Gasteiger partial charge in [0.1, 0.15) is 11.4 Å². The Balaban J connectivity index is 2.64. The van der Waals surface area contributed by atoms with Gasteiger partial charge in [0.25, 0.3) is 0 Å². The second kappa shape index (κ2) is 6.52. The molecule has 19 heavy (non-hydrogen) atoms. The molecule has 0 unspecified atom stereocenters. The van der Waals surface area contributed by atoms with Gasteiger partial charge in [-0.3, -0.25) is 9.78 Å². The van der Waals surface area contributed by atoms with Crippen LogP contribution in [-0.4, -0.2) is 23.2 Å². The average molecular weight is 266 g/mol. The highest BCUT2D eigenvalue weighted by atomic mass is 16.6. The van der Waals surface area contributed by atoms with Crippen LogP contribution in [0.4, 0.5) is 0 Å². The average Bonchev–Trinajstić information content (AvgIpc) is 2.27. The molecule has 1 aromatic rings. The Morgan fingerprint density at radius 3 is 2.68 bits per heavy atom. The Labute approximate surface area is 114 Å². The predicted octanol–water partition coefficient (Wildman–Crippen LogP) is 2.21. The Bertz CT molecular complexity index is 427. The highest BCUT2D eigenvalue weighted by Gasteiger charge is 2.19. The van der Waals surface area contributed by atoms with E-state index in [4.69, 9.17) is 15.2 Å². The number of esters is 1. The first-order chi connectivity index (χ1) is 8.81. The molecule has 0 amide bonds. The summed E-state index contributed by atoms with van der Waals surface area (Å²) in [6.45, 7) is 7.94. The zero-order valence-electron chi connectivity index (χ0n) is 12.0. The van der Waals surface area contributed by atoms with Crippen molar-refractivity contribution < 1.29 is 14.3 Å². The highest BCUT2D eigenvalue weighted by Crippen LogP contribution is 2.20. The van der Waals surface area contributed by atoms with E-state index in [2.05, 4.69) is 4.98 Å². The highest BCUT2D eigenvalue weighted by molar-refractivity contribution is 5.70. The van der Waals surface area contributed by atoms with E-state index >= 15 is 0 Å². The lowest BCUT2D eigenvalue weighted by atomic mass is 10.1. The summed E-state index contributed by atoms with van der Waals surface area (Å²) in [5, 5.41) is 0. The molecule has 0 bridgehead atoms. The van der Waals surface area contributed by atoms with E-state index in [1.807, 2.05) is 27.7 Å². The fraction of sp³-hybridized carbons (Fsp3) is 0.571. The summed E-state index contributed by atoms with van der Waals surface area (Å²) in [4.78, 5) is 15.7. The summed E-state index contributed by atoms with van der Waals surface area (Å²) >= 11 is 0. The standard InChI is InChI=1S/C14H22N2O3/c1-5-18-11-6-10(8-16-9-11)12(15)7-13(17)19-14(2,3)4/h6,8-9,12H,5,7,15H2,1-4H3/t12-/m0/s1. The third-order valence-electron chi connectivity index (χ3n) is 2.28. The number of carbonyl (C=O) groups is 1. The van der Waals surface area contributed by atoms with Gasteiger partial charge in [0, 0.05) is 12.2 Å². The predicted molar refractivity (Wildman–Crippen MR) is 72.8 cm³/mol. The summed E-state index contributed by atoms with van der Waals surface area (Å²) in [5.41, 5.74) is 6.25. The molecule has 0 aliphatic rings. The number of pyridine rings is 1. The van der Waals surface area contributed by atoms with E-state index in [1.165, 1.54) is 0 Å². The van der Waals surface area contributed by atoms with Crippen LogP contribution >= 0.6 is 0 Å². The SMILES string of the molecule is CCOc1cncc([C@@H](N)CC(=O)OC(C)(C)C)c1. The molecule has 0 spiro atoms. The van der Waals surface area contributed by atoms with E-state index in [0.29, 0.717) is 12.4 Å². The minimum absolute atomic E-state index is 0.120. The molecular formula is C14H22N2O3. The van der Waals surface area contributed by atoms with Crippen molar-refractivity contribution in [3.8, 4) is 5.75 Å². The number of aromatic nitrogens is 1. The Kier molecular flexibility index (Phi) is 5.30. The van der Waals surface area contributed by atoms with Crippen molar-refractivity contribution in [3.05, 3.63) is 24.0 Å². The number of hydrogen-bond donors (Lipinski definition) is 1. The van der Waals surface area contributed by atoms with E-state index in [0.717, 1.165) is 5.56 Å². The molecule has 0 aromatic carbocycles. The lowest BCUT2D eigenvalue weighted by molar-refractivity contribution is -0.155. The lowest BCUT2D eigenvalue weighted by Gasteiger charge is -2.21. The number of rotatable bonds is 5. The summed E-state index contributed by atoms with van der Waals surface area (Å²) in [6.07, 6.45) is 3.37. The summed E-state index contributed by atoms with van der Waals surface area (Å²) in [7, 11) is 0. The Morgan fingerprint density at radius 2 is 2.11 bits per heavy atom. The third-order valence-corrected chi connectivity index (χ3v) is 2.28. The fourth-order valence-corrected chi connectivity index (χ4v) is 1.56. The van der Waals surface area contributed by atoms with Gasteiger partial charge in [-0.1, -0.05) is 0 Å². The van der Waals surface area contributed by atoms with Gasteiger partial charge in [-0.25, -0.2) is 0 Å². The monoisotopic (exact) mass is 266 g/mol. The summed E-state index contributed by atoms with van der Waals surface area (Å²) in [5.74, 6) is 0.335. The van der Waals surface area contributed by atoms with E-state index in [9.17, 15) is 4.79 Å². The van der Waals surface area contributed by atoms with Gasteiger partial charge in [0.2, 0.25) is 0 Å². The smallest absolute Gasteiger partial charge is 0.308 e. The second-order valence-corrected chi connectivity index (χ2v) is 5.28. The quantitative estimate of drug-likeness (QED) is 0.827. The van der Waals surface area contributed by atoms with Gasteiger partial charge >= 0.3 is 5.97 Å². The zero-order chi connectivity index (χ0) is 14.5. The first-order valence-electron chi connectivity index (χ1n) is 6.37. The van der Waals surface area contributed by atoms with E-state index in [-0.39, 0.29) is 12.4 Å². The molecule has 1 atom stereocenters. The van der Waals surface area contributed by atoms with Gasteiger partial charge < -0.3 is 15.2 Å². The first kappa shape index (κ1) is 15.4. The van der Waals surface area contributed by atoms with Gasteiger partial charge in [-0.2, -0.15) is 0 Å². The van der Waals surface area contributed by atoms with Crippen LogP contribution in [0.25, 0.3) is 0 Å². The molecule has 0 radical (unpaired) electrons. The van der Waals surface area contributed by atoms with Crippen molar-refractivity contribution in [2.75, 3.05) is 6.61 Å². The number of carbonyl (C=O) groups excluding carboxylic acids is 1. The first-order valence-corrected chi connectivity index (χ1v) is 6.37. The molecule has 2 N–H and O–H groups in total. The maximum Gasteiger partial charge on any atom is 0.308 e. The summed E-state index contributed by atoms with van der Waals surface area (Å²) < 4.78 is 10.6. The summed E-state index contributed by atoms with van der Waals surface area (Å²) in [6, 6.07) is 1.36. The lowest BCUT2D eigenvalue weighted by Crippen LogP contribution is -2.26. The van der Waals surface area contributed by atoms with Gasteiger partial charge in [-0.05, 0) is 39.3 Å². The molecule has 5 heteroatoms. The minimum Gasteiger partial charge on any atom is -0.492 e. The van der Waals surface area contributed by atoms with Crippen LogP contribution in [0.5, 0.6) is 5.75 Å². The number of nitrogens with two attached hydrogens (primary N) is 1. The fourth-order valence-electron chi connectivity index (χ4n) is 1.56. The molecule has 5 nitrogen and oxygen atoms in total. The van der Waals surface area contributed by atoms with Crippen molar-refractivity contribution in [1.29, 1.82) is 0 Å². The van der Waals surface area contributed by atoms with Crippen LogP contribution in [0, 0.1) is 0 Å². The van der Waals surface area contributed by atoms with Gasteiger partial charge in [-0.15, -0.1) is 0 Å². The van der Waals surface area contributed by atoms with Crippen LogP contribution in [0.3, 0.4) is 0 Å². The van der Waals surface area contributed by atoms with Crippen molar-refractivity contribution in [2.24, 2.45) is 5.73 Å². The van der Waals surface area contributed by atoms with E-state index in [1.54, 1.807) is 18.5 Å². The Hall–Kier alpha value is -1.62. The molecule has 0 saturated heterocycles. The van der Waals surface area contributed by atoms with Crippen LogP contribution in [-0.2, 0) is 9.53 Å². The maximum absolute atomic E-state index is 11.7. The van der Waals surface area contributed by atoms with Crippen molar-refractivity contribution in [1.82, 2.24) is 4.98 Å². The van der Waals surface area contributed by atoms with Crippen molar-refractivity contribution >= 4 is 5.97 Å². The molecule has 106 valence electrons. The van der Waals surface area contributed by atoms with Crippen LogP contribution < -0.4 is 10.5 Å². The minimum atomic E-state index is -0.498. The van der Waals surface area contributed by atoms with Crippen LogP contribution in [0.2, 0.25) is 0 Å². The molecular weight excluding hydrogens is 244 g/mol. The van der Waals surface area contributed by atoms with Crippen molar-refractivity contribution in [2.45, 2.75) is 45.8 Å². The maximum atomic E-state index is 11.7. The Morgan fingerprint density at radius 1 is 1.42 bits per heavy atom. The van der Waals surface area contributed by atoms with Gasteiger partial charge in [0.05, 0.1) is 19.2 Å². The third kappa shape index (κ3) is 5.70. The number of nitrogens with zero attached hydrogens (tertiary/aromatic N) is 1. The van der Waals surface area contributed by atoms with Crippen LogP contribution in [0.15, 0.2) is 18.5 Å².